The summed E-state index contributed by atoms with van der Waals surface area (Å²) < 4.78 is 0. The number of hydrogen-bond acceptors (Lipinski definition) is 4. The first-order valence-corrected chi connectivity index (χ1v) is 11.5. The van der Waals surface area contributed by atoms with Gasteiger partial charge in [0.2, 0.25) is 0 Å². The molecule has 3 aromatic carbocycles. The van der Waals surface area contributed by atoms with E-state index in [4.69, 9.17) is 34.8 Å². The molecule has 0 radical (unpaired) electrons. The Bertz CT molecular complexity index is 1120. The maximum absolute atomic E-state index is 13.1. The lowest BCUT2D eigenvalue weighted by atomic mass is 9.96. The highest BCUT2D eigenvalue weighted by atomic mass is 35.5. The molecule has 1 amide bonds. The minimum Gasteiger partial charge on any atom is -0.336 e. The molecule has 0 atom stereocenters. The number of rotatable bonds is 5. The Balaban J connectivity index is 1.55. The second kappa shape index (κ2) is 10.1. The van der Waals surface area contributed by atoms with Gasteiger partial charge in [0.05, 0.1) is 16.5 Å². The summed E-state index contributed by atoms with van der Waals surface area (Å²) >= 11 is 18.4. The van der Waals surface area contributed by atoms with Crippen molar-refractivity contribution in [3.8, 4) is 0 Å². The third-order valence-electron chi connectivity index (χ3n) is 5.74. The summed E-state index contributed by atoms with van der Waals surface area (Å²) in [5, 5.41) is 12.4. The molecule has 170 valence electrons. The lowest BCUT2D eigenvalue weighted by Crippen LogP contribution is -2.50. The van der Waals surface area contributed by atoms with Crippen molar-refractivity contribution in [2.45, 2.75) is 6.04 Å². The molecule has 4 rings (SSSR count). The third-order valence-corrected chi connectivity index (χ3v) is 6.64. The summed E-state index contributed by atoms with van der Waals surface area (Å²) in [6.07, 6.45) is 0. The summed E-state index contributed by atoms with van der Waals surface area (Å²) in [6.45, 7) is 2.17. The molecule has 0 saturated carbocycles. The van der Waals surface area contributed by atoms with Crippen LogP contribution >= 0.6 is 34.8 Å². The van der Waals surface area contributed by atoms with Crippen LogP contribution in [-0.4, -0.2) is 46.8 Å². The van der Waals surface area contributed by atoms with Crippen molar-refractivity contribution in [1.82, 2.24) is 9.80 Å². The van der Waals surface area contributed by atoms with Gasteiger partial charge in [-0.05, 0) is 41.5 Å². The minimum atomic E-state index is -0.583. The molecule has 0 N–H and O–H groups in total. The first kappa shape index (κ1) is 23.5. The Hall–Kier alpha value is -2.64. The largest absolute Gasteiger partial charge is 0.336 e. The molecule has 1 aliphatic rings. The Morgan fingerprint density at radius 1 is 0.818 bits per heavy atom. The van der Waals surface area contributed by atoms with Crippen molar-refractivity contribution < 1.29 is 9.72 Å². The number of halogens is 3. The van der Waals surface area contributed by atoms with Crippen LogP contribution in [0.5, 0.6) is 0 Å². The first-order chi connectivity index (χ1) is 15.8. The van der Waals surface area contributed by atoms with Crippen molar-refractivity contribution in [3.63, 3.8) is 0 Å². The average molecular weight is 505 g/mol. The minimum absolute atomic E-state index is 0.0295. The lowest BCUT2D eigenvalue weighted by Gasteiger charge is -2.40. The van der Waals surface area contributed by atoms with E-state index in [1.165, 1.54) is 18.2 Å². The number of carbonyl (C=O) groups is 1. The van der Waals surface area contributed by atoms with E-state index in [1.54, 1.807) is 4.90 Å². The highest BCUT2D eigenvalue weighted by Crippen LogP contribution is 2.32. The van der Waals surface area contributed by atoms with E-state index in [2.05, 4.69) is 4.90 Å². The molecule has 0 spiro atoms. The normalized spacial score (nSPS) is 14.5. The van der Waals surface area contributed by atoms with Crippen LogP contribution in [0.3, 0.4) is 0 Å². The average Bonchev–Trinajstić information content (AvgIpc) is 2.82. The highest BCUT2D eigenvalue weighted by molar-refractivity contribution is 6.35. The van der Waals surface area contributed by atoms with Crippen molar-refractivity contribution in [2.24, 2.45) is 0 Å². The first-order valence-electron chi connectivity index (χ1n) is 10.3. The van der Waals surface area contributed by atoms with Crippen LogP contribution in [0.1, 0.15) is 27.5 Å². The molecule has 1 aliphatic heterocycles. The van der Waals surface area contributed by atoms with Crippen LogP contribution in [0.25, 0.3) is 0 Å². The molecular weight excluding hydrogens is 485 g/mol. The maximum Gasteiger partial charge on any atom is 0.288 e. The van der Waals surface area contributed by atoms with Gasteiger partial charge in [0, 0.05) is 42.3 Å². The number of hydrogen-bond donors (Lipinski definition) is 0. The maximum atomic E-state index is 13.1. The summed E-state index contributed by atoms with van der Waals surface area (Å²) in [6, 6.07) is 19.7. The Morgan fingerprint density at radius 2 is 1.33 bits per heavy atom. The lowest BCUT2D eigenvalue weighted by molar-refractivity contribution is -0.384. The van der Waals surface area contributed by atoms with Crippen LogP contribution in [0.4, 0.5) is 5.69 Å². The molecule has 6 nitrogen and oxygen atoms in total. The van der Waals surface area contributed by atoms with E-state index in [0.29, 0.717) is 36.2 Å². The number of piperazine rings is 1. The van der Waals surface area contributed by atoms with E-state index < -0.39 is 4.92 Å². The summed E-state index contributed by atoms with van der Waals surface area (Å²) in [5.74, 6) is -0.308. The second-order valence-electron chi connectivity index (χ2n) is 7.73. The van der Waals surface area contributed by atoms with Gasteiger partial charge in [-0.2, -0.15) is 0 Å². The van der Waals surface area contributed by atoms with Gasteiger partial charge in [-0.1, -0.05) is 65.1 Å². The highest BCUT2D eigenvalue weighted by Gasteiger charge is 2.30. The molecule has 9 heteroatoms. The molecule has 33 heavy (non-hydrogen) atoms. The molecule has 1 heterocycles. The monoisotopic (exact) mass is 503 g/mol. The molecule has 1 saturated heterocycles. The quantitative estimate of drug-likeness (QED) is 0.311. The van der Waals surface area contributed by atoms with Crippen molar-refractivity contribution in [1.29, 1.82) is 0 Å². The zero-order valence-electron chi connectivity index (χ0n) is 17.5. The van der Waals surface area contributed by atoms with E-state index in [9.17, 15) is 14.9 Å². The Kier molecular flexibility index (Phi) is 7.20. The molecule has 1 fully saturated rings. The second-order valence-corrected chi connectivity index (χ2v) is 8.98. The fraction of sp³-hybridized carbons (Fsp3) is 0.208. The van der Waals surface area contributed by atoms with Gasteiger partial charge in [0.1, 0.15) is 5.02 Å². The zero-order chi connectivity index (χ0) is 23.5. The molecule has 0 aliphatic carbocycles. The SMILES string of the molecule is O=C(c1cccc([N+](=O)[O-])c1Cl)N1CCN(C(c2ccc(Cl)cc2)c2ccc(Cl)cc2)CC1. The van der Waals surface area contributed by atoms with Crippen LogP contribution in [0, 0.1) is 10.1 Å². The predicted octanol–water partition coefficient (Wildman–Crippen LogP) is 6.10. The van der Waals surface area contributed by atoms with Gasteiger partial charge < -0.3 is 4.90 Å². The van der Waals surface area contributed by atoms with Crippen LogP contribution in [0.2, 0.25) is 15.1 Å². The summed E-state index contributed by atoms with van der Waals surface area (Å²) in [4.78, 5) is 27.6. The topological polar surface area (TPSA) is 66.7 Å². The van der Waals surface area contributed by atoms with Gasteiger partial charge in [0.25, 0.3) is 11.6 Å². The molecule has 0 aromatic heterocycles. The number of nitro groups is 1. The number of nitrogens with zero attached hydrogens (tertiary/aromatic N) is 3. The number of benzene rings is 3. The van der Waals surface area contributed by atoms with Crippen LogP contribution in [-0.2, 0) is 0 Å². The number of amides is 1. The smallest absolute Gasteiger partial charge is 0.288 e. The predicted molar refractivity (Wildman–Crippen MR) is 130 cm³/mol. The van der Waals surface area contributed by atoms with Gasteiger partial charge in [-0.25, -0.2) is 0 Å². The van der Waals surface area contributed by atoms with Gasteiger partial charge >= 0.3 is 0 Å². The molecule has 0 bridgehead atoms. The van der Waals surface area contributed by atoms with Crippen molar-refractivity contribution in [2.75, 3.05) is 26.2 Å². The summed E-state index contributed by atoms with van der Waals surface area (Å²) in [7, 11) is 0. The number of nitro benzene ring substituents is 1. The fourth-order valence-electron chi connectivity index (χ4n) is 4.08. The van der Waals surface area contributed by atoms with E-state index in [-0.39, 0.29) is 28.2 Å². The van der Waals surface area contributed by atoms with Crippen molar-refractivity contribution >= 4 is 46.4 Å². The third kappa shape index (κ3) is 5.14. The Labute approximate surface area is 206 Å². The molecule has 3 aromatic rings. The standard InChI is InChI=1S/C24H20Cl3N3O3/c25-18-8-4-16(5-9-18)23(17-6-10-19(26)11-7-17)28-12-14-29(15-13-28)24(31)20-2-1-3-21(22(20)27)30(32)33/h1-11,23H,12-15H2. The Morgan fingerprint density at radius 3 is 1.82 bits per heavy atom. The van der Waals surface area contributed by atoms with Crippen LogP contribution in [0.15, 0.2) is 66.7 Å². The molecule has 0 unspecified atom stereocenters. The zero-order valence-corrected chi connectivity index (χ0v) is 19.7. The van der Waals surface area contributed by atoms with E-state index in [1.807, 2.05) is 48.5 Å². The molecular formula is C24H20Cl3N3O3. The van der Waals surface area contributed by atoms with Gasteiger partial charge in [0.15, 0.2) is 0 Å². The van der Waals surface area contributed by atoms with E-state index >= 15 is 0 Å². The van der Waals surface area contributed by atoms with Gasteiger partial charge in [-0.15, -0.1) is 0 Å². The van der Waals surface area contributed by atoms with Crippen molar-refractivity contribution in [3.05, 3.63) is 109 Å². The van der Waals surface area contributed by atoms with E-state index in [0.717, 1.165) is 11.1 Å². The number of carbonyl (C=O) groups excluding carboxylic acids is 1. The van der Waals surface area contributed by atoms with Gasteiger partial charge in [-0.3, -0.25) is 19.8 Å². The fourth-order valence-corrected chi connectivity index (χ4v) is 4.61. The summed E-state index contributed by atoms with van der Waals surface area (Å²) in [5.41, 5.74) is 2.05. The van der Waals surface area contributed by atoms with Crippen LogP contribution < -0.4 is 0 Å².